The number of rotatable bonds is 5. The maximum absolute atomic E-state index is 6.03. The number of nitrogens with zero attached hydrogens (tertiary/aromatic N) is 1. The minimum Gasteiger partial charge on any atom is -0.491 e. The third-order valence-corrected chi connectivity index (χ3v) is 4.22. The minimum absolute atomic E-state index is 0.129. The van der Waals surface area contributed by atoms with Gasteiger partial charge in [-0.3, -0.25) is 0 Å². The molecule has 0 saturated heterocycles. The highest BCUT2D eigenvalue weighted by atomic mass is 16.5. The molecule has 0 spiro atoms. The molecule has 23 heavy (non-hydrogen) atoms. The van der Waals surface area contributed by atoms with Crippen LogP contribution < -0.4 is 15.8 Å². The minimum atomic E-state index is 0.129. The summed E-state index contributed by atoms with van der Waals surface area (Å²) in [4.78, 5) is 4.54. The van der Waals surface area contributed by atoms with Gasteiger partial charge >= 0.3 is 0 Å². The molecule has 0 atom stereocenters. The fourth-order valence-corrected chi connectivity index (χ4v) is 2.81. The molecule has 1 fully saturated rings. The number of nitrogens with two attached hydrogens (primary N) is 1. The van der Waals surface area contributed by atoms with Crippen LogP contribution in [-0.4, -0.2) is 18.1 Å². The van der Waals surface area contributed by atoms with Gasteiger partial charge in [-0.15, -0.1) is 0 Å². The van der Waals surface area contributed by atoms with Crippen molar-refractivity contribution >= 4 is 16.7 Å². The van der Waals surface area contributed by atoms with Gasteiger partial charge in [0.05, 0.1) is 12.6 Å². The number of guanidine groups is 1. The SMILES string of the molecule is CC(C)Oc1ccc2ccccc2c1CN=C(N)NC1CCC1. The molecule has 2 aromatic carbocycles. The fourth-order valence-electron chi connectivity index (χ4n) is 2.81. The van der Waals surface area contributed by atoms with Gasteiger partial charge in [-0.25, -0.2) is 4.99 Å². The maximum Gasteiger partial charge on any atom is 0.189 e. The molecule has 4 nitrogen and oxygen atoms in total. The van der Waals surface area contributed by atoms with E-state index in [1.165, 1.54) is 30.0 Å². The highest BCUT2D eigenvalue weighted by molar-refractivity contribution is 5.88. The van der Waals surface area contributed by atoms with Crippen LogP contribution >= 0.6 is 0 Å². The molecule has 1 aliphatic carbocycles. The summed E-state index contributed by atoms with van der Waals surface area (Å²) in [5.74, 6) is 1.41. The maximum atomic E-state index is 6.03. The van der Waals surface area contributed by atoms with Crippen LogP contribution in [0.4, 0.5) is 0 Å². The molecule has 0 aromatic heterocycles. The summed E-state index contributed by atoms with van der Waals surface area (Å²) < 4.78 is 5.97. The van der Waals surface area contributed by atoms with Gasteiger partial charge in [-0.05, 0) is 49.9 Å². The topological polar surface area (TPSA) is 59.6 Å². The van der Waals surface area contributed by atoms with E-state index in [0.29, 0.717) is 18.5 Å². The normalized spacial score (nSPS) is 15.7. The Balaban J connectivity index is 1.87. The van der Waals surface area contributed by atoms with E-state index in [-0.39, 0.29) is 6.10 Å². The number of benzene rings is 2. The van der Waals surface area contributed by atoms with Crippen molar-refractivity contribution in [2.75, 3.05) is 0 Å². The van der Waals surface area contributed by atoms with E-state index in [2.05, 4.69) is 28.5 Å². The Bertz CT molecular complexity index is 705. The smallest absolute Gasteiger partial charge is 0.189 e. The summed E-state index contributed by atoms with van der Waals surface area (Å²) in [6.45, 7) is 4.60. The summed E-state index contributed by atoms with van der Waals surface area (Å²) in [6.07, 6.45) is 3.78. The van der Waals surface area contributed by atoms with Gasteiger partial charge in [0.15, 0.2) is 5.96 Å². The summed E-state index contributed by atoms with van der Waals surface area (Å²) in [7, 11) is 0. The van der Waals surface area contributed by atoms with Gasteiger partial charge in [0.2, 0.25) is 0 Å². The lowest BCUT2D eigenvalue weighted by molar-refractivity contribution is 0.240. The Morgan fingerprint density at radius 1 is 1.26 bits per heavy atom. The van der Waals surface area contributed by atoms with E-state index in [1.807, 2.05) is 32.0 Å². The van der Waals surface area contributed by atoms with E-state index in [1.54, 1.807) is 0 Å². The average molecular weight is 311 g/mol. The number of hydrogen-bond acceptors (Lipinski definition) is 2. The second-order valence-electron chi connectivity index (χ2n) is 6.40. The number of aliphatic imine (C=N–C) groups is 1. The molecule has 3 N–H and O–H groups in total. The Kier molecular flexibility index (Phi) is 4.70. The molecule has 1 aliphatic rings. The van der Waals surface area contributed by atoms with Crippen LogP contribution in [0.25, 0.3) is 10.8 Å². The lowest BCUT2D eigenvalue weighted by Crippen LogP contribution is -2.43. The zero-order valence-electron chi connectivity index (χ0n) is 13.9. The molecular weight excluding hydrogens is 286 g/mol. The molecular formula is C19H25N3O. The molecule has 0 unspecified atom stereocenters. The standard InChI is InChI=1S/C19H25N3O/c1-13(2)23-18-11-10-14-6-3-4-9-16(14)17(18)12-21-19(20)22-15-7-5-8-15/h3-4,6,9-11,13,15H,5,7-8,12H2,1-2H3,(H3,20,21,22). The van der Waals surface area contributed by atoms with E-state index in [9.17, 15) is 0 Å². The van der Waals surface area contributed by atoms with Crippen molar-refractivity contribution in [2.45, 2.75) is 51.8 Å². The molecule has 0 bridgehead atoms. The Morgan fingerprint density at radius 2 is 2.04 bits per heavy atom. The van der Waals surface area contributed by atoms with Crippen LogP contribution in [-0.2, 0) is 6.54 Å². The van der Waals surface area contributed by atoms with Crippen LogP contribution in [0, 0.1) is 0 Å². The van der Waals surface area contributed by atoms with E-state index >= 15 is 0 Å². The van der Waals surface area contributed by atoms with Crippen molar-refractivity contribution in [2.24, 2.45) is 10.7 Å². The first-order chi connectivity index (χ1) is 11.1. The monoisotopic (exact) mass is 311 g/mol. The molecule has 1 saturated carbocycles. The third-order valence-electron chi connectivity index (χ3n) is 4.22. The van der Waals surface area contributed by atoms with E-state index < -0.39 is 0 Å². The van der Waals surface area contributed by atoms with Gasteiger partial charge in [0.25, 0.3) is 0 Å². The number of fused-ring (bicyclic) bond motifs is 1. The van der Waals surface area contributed by atoms with Crippen molar-refractivity contribution in [3.63, 3.8) is 0 Å². The molecule has 0 heterocycles. The fraction of sp³-hybridized carbons (Fsp3) is 0.421. The lowest BCUT2D eigenvalue weighted by atomic mass is 9.93. The van der Waals surface area contributed by atoms with Gasteiger partial charge in [0, 0.05) is 11.6 Å². The number of ether oxygens (including phenoxy) is 1. The van der Waals surface area contributed by atoms with Gasteiger partial charge < -0.3 is 15.8 Å². The molecule has 0 radical (unpaired) electrons. The van der Waals surface area contributed by atoms with Crippen molar-refractivity contribution in [3.8, 4) is 5.75 Å². The largest absolute Gasteiger partial charge is 0.491 e. The van der Waals surface area contributed by atoms with Crippen LogP contribution in [0.15, 0.2) is 41.4 Å². The molecule has 0 amide bonds. The van der Waals surface area contributed by atoms with Gasteiger partial charge in [-0.2, -0.15) is 0 Å². The zero-order chi connectivity index (χ0) is 16.2. The zero-order valence-corrected chi connectivity index (χ0v) is 13.9. The Labute approximate surface area is 137 Å². The second-order valence-corrected chi connectivity index (χ2v) is 6.40. The van der Waals surface area contributed by atoms with Gasteiger partial charge in [-0.1, -0.05) is 30.3 Å². The predicted octanol–water partition coefficient (Wildman–Crippen LogP) is 3.58. The quantitative estimate of drug-likeness (QED) is 0.655. The molecule has 4 heteroatoms. The van der Waals surface area contributed by atoms with Crippen LogP contribution in [0.3, 0.4) is 0 Å². The average Bonchev–Trinajstić information content (AvgIpc) is 2.49. The first kappa shape index (κ1) is 15.7. The number of hydrogen-bond donors (Lipinski definition) is 2. The summed E-state index contributed by atoms with van der Waals surface area (Å²) in [6, 6.07) is 12.9. The van der Waals surface area contributed by atoms with Crippen molar-refractivity contribution < 1.29 is 4.74 Å². The first-order valence-electron chi connectivity index (χ1n) is 8.37. The summed E-state index contributed by atoms with van der Waals surface area (Å²) in [5, 5.41) is 5.65. The van der Waals surface area contributed by atoms with Gasteiger partial charge in [0.1, 0.15) is 5.75 Å². The summed E-state index contributed by atoms with van der Waals surface area (Å²) >= 11 is 0. The van der Waals surface area contributed by atoms with E-state index in [4.69, 9.17) is 10.5 Å². The number of nitrogens with one attached hydrogen (secondary N) is 1. The van der Waals surface area contributed by atoms with Crippen molar-refractivity contribution in [3.05, 3.63) is 42.0 Å². The third kappa shape index (κ3) is 3.76. The Morgan fingerprint density at radius 3 is 2.74 bits per heavy atom. The van der Waals surface area contributed by atoms with Crippen LogP contribution in [0.2, 0.25) is 0 Å². The van der Waals surface area contributed by atoms with Crippen LogP contribution in [0.5, 0.6) is 5.75 Å². The second kappa shape index (κ2) is 6.90. The first-order valence-corrected chi connectivity index (χ1v) is 8.37. The summed E-state index contributed by atoms with van der Waals surface area (Å²) in [5.41, 5.74) is 7.12. The van der Waals surface area contributed by atoms with Crippen molar-refractivity contribution in [1.29, 1.82) is 0 Å². The lowest BCUT2D eigenvalue weighted by Gasteiger charge is -2.26. The molecule has 0 aliphatic heterocycles. The van der Waals surface area contributed by atoms with Crippen molar-refractivity contribution in [1.82, 2.24) is 5.32 Å². The van der Waals surface area contributed by atoms with Crippen LogP contribution in [0.1, 0.15) is 38.7 Å². The molecule has 122 valence electrons. The molecule has 3 rings (SSSR count). The highest BCUT2D eigenvalue weighted by Gasteiger charge is 2.17. The predicted molar refractivity (Wildman–Crippen MR) is 95.8 cm³/mol. The highest BCUT2D eigenvalue weighted by Crippen LogP contribution is 2.29. The van der Waals surface area contributed by atoms with E-state index in [0.717, 1.165) is 11.3 Å². The molecule has 2 aromatic rings. The Hall–Kier alpha value is -2.23.